The molecule has 0 radical (unpaired) electrons. The van der Waals surface area contributed by atoms with Gasteiger partial charge in [0.2, 0.25) is 0 Å². The van der Waals surface area contributed by atoms with E-state index >= 15 is 0 Å². The molecule has 1 saturated heterocycles. The SMILES string of the molecule is COCCOc1cc(C)ccc1CN=C(N)N1CCCCC1.I. The molecule has 0 atom stereocenters. The van der Waals surface area contributed by atoms with Crippen molar-refractivity contribution in [1.29, 1.82) is 0 Å². The molecule has 0 amide bonds. The number of ether oxygens (including phenoxy) is 2. The molecule has 1 aliphatic rings. The van der Waals surface area contributed by atoms with Gasteiger partial charge in [0, 0.05) is 25.8 Å². The summed E-state index contributed by atoms with van der Waals surface area (Å²) >= 11 is 0. The van der Waals surface area contributed by atoms with Gasteiger partial charge in [-0.15, -0.1) is 24.0 Å². The van der Waals surface area contributed by atoms with Crippen LogP contribution in [0.4, 0.5) is 0 Å². The highest BCUT2D eigenvalue weighted by atomic mass is 127. The maximum absolute atomic E-state index is 6.11. The van der Waals surface area contributed by atoms with Crippen LogP contribution in [0, 0.1) is 6.92 Å². The van der Waals surface area contributed by atoms with Crippen molar-refractivity contribution >= 4 is 29.9 Å². The lowest BCUT2D eigenvalue weighted by atomic mass is 10.1. The van der Waals surface area contributed by atoms with Gasteiger partial charge in [-0.25, -0.2) is 4.99 Å². The zero-order valence-corrected chi connectivity index (χ0v) is 16.4. The molecule has 1 heterocycles. The Labute approximate surface area is 156 Å². The lowest BCUT2D eigenvalue weighted by Gasteiger charge is -2.27. The van der Waals surface area contributed by atoms with Crippen LogP contribution >= 0.6 is 24.0 Å². The predicted octanol–water partition coefficient (Wildman–Crippen LogP) is 2.94. The first-order valence-electron chi connectivity index (χ1n) is 7.97. The van der Waals surface area contributed by atoms with E-state index in [1.54, 1.807) is 7.11 Å². The minimum absolute atomic E-state index is 0. The minimum atomic E-state index is 0. The number of piperidine rings is 1. The Morgan fingerprint density at radius 3 is 2.65 bits per heavy atom. The summed E-state index contributed by atoms with van der Waals surface area (Å²) in [5.74, 6) is 1.51. The first-order valence-corrected chi connectivity index (χ1v) is 7.97. The molecule has 2 rings (SSSR count). The fraction of sp³-hybridized carbons (Fsp3) is 0.588. The van der Waals surface area contributed by atoms with Crippen LogP contribution in [0.2, 0.25) is 0 Å². The van der Waals surface area contributed by atoms with Crippen molar-refractivity contribution in [2.75, 3.05) is 33.4 Å². The summed E-state index contributed by atoms with van der Waals surface area (Å²) in [5.41, 5.74) is 8.34. The molecular weight excluding hydrogens is 405 g/mol. The molecule has 1 aromatic rings. The van der Waals surface area contributed by atoms with Gasteiger partial charge in [0.25, 0.3) is 0 Å². The average molecular weight is 433 g/mol. The van der Waals surface area contributed by atoms with E-state index in [0.29, 0.717) is 25.7 Å². The van der Waals surface area contributed by atoms with Gasteiger partial charge in [-0.3, -0.25) is 0 Å². The number of nitrogens with two attached hydrogens (primary N) is 1. The van der Waals surface area contributed by atoms with Crippen molar-refractivity contribution in [2.45, 2.75) is 32.7 Å². The Balaban J connectivity index is 0.00000264. The molecule has 0 aliphatic carbocycles. The Kier molecular flexibility index (Phi) is 9.31. The maximum atomic E-state index is 6.11. The first-order chi connectivity index (χ1) is 10.7. The number of nitrogens with zero attached hydrogens (tertiary/aromatic N) is 2. The highest BCUT2D eigenvalue weighted by molar-refractivity contribution is 14.0. The molecule has 2 N–H and O–H groups in total. The second kappa shape index (κ2) is 10.7. The standard InChI is InChI=1S/C17H27N3O2.HI/c1-14-6-7-15(16(12-14)22-11-10-21-2)13-19-17(18)20-8-4-3-5-9-20;/h6-7,12H,3-5,8-11,13H2,1-2H3,(H2,18,19);1H. The van der Waals surface area contributed by atoms with Gasteiger partial charge in [-0.2, -0.15) is 0 Å². The molecular formula is C17H28IN3O2. The molecule has 130 valence electrons. The van der Waals surface area contributed by atoms with E-state index in [4.69, 9.17) is 15.2 Å². The largest absolute Gasteiger partial charge is 0.491 e. The van der Waals surface area contributed by atoms with E-state index in [2.05, 4.69) is 28.9 Å². The van der Waals surface area contributed by atoms with Crippen LogP contribution in [-0.2, 0) is 11.3 Å². The summed E-state index contributed by atoms with van der Waals surface area (Å²) in [4.78, 5) is 6.72. The zero-order valence-electron chi connectivity index (χ0n) is 14.1. The van der Waals surface area contributed by atoms with E-state index in [1.165, 1.54) is 24.8 Å². The van der Waals surface area contributed by atoms with Crippen molar-refractivity contribution in [3.8, 4) is 5.75 Å². The number of hydrogen-bond donors (Lipinski definition) is 1. The topological polar surface area (TPSA) is 60.1 Å². The molecule has 6 heteroatoms. The van der Waals surface area contributed by atoms with Gasteiger partial charge in [0.15, 0.2) is 5.96 Å². The van der Waals surface area contributed by atoms with Gasteiger partial charge in [0.1, 0.15) is 12.4 Å². The van der Waals surface area contributed by atoms with Gasteiger partial charge in [0.05, 0.1) is 13.2 Å². The lowest BCUT2D eigenvalue weighted by molar-refractivity contribution is 0.145. The van der Waals surface area contributed by atoms with Crippen molar-refractivity contribution < 1.29 is 9.47 Å². The second-order valence-electron chi connectivity index (χ2n) is 5.67. The molecule has 5 nitrogen and oxygen atoms in total. The number of benzene rings is 1. The highest BCUT2D eigenvalue weighted by Crippen LogP contribution is 2.21. The summed E-state index contributed by atoms with van der Waals surface area (Å²) in [6, 6.07) is 6.17. The highest BCUT2D eigenvalue weighted by Gasteiger charge is 2.12. The molecule has 0 saturated carbocycles. The summed E-state index contributed by atoms with van der Waals surface area (Å²) in [6.45, 7) is 5.74. The van der Waals surface area contributed by atoms with E-state index in [1.807, 2.05) is 6.07 Å². The number of halogens is 1. The Morgan fingerprint density at radius 2 is 1.96 bits per heavy atom. The molecule has 0 spiro atoms. The second-order valence-corrected chi connectivity index (χ2v) is 5.67. The fourth-order valence-electron chi connectivity index (χ4n) is 2.55. The van der Waals surface area contributed by atoms with Crippen LogP contribution in [0.15, 0.2) is 23.2 Å². The Hall–Kier alpha value is -1.02. The van der Waals surface area contributed by atoms with Gasteiger partial charge < -0.3 is 20.1 Å². The average Bonchev–Trinajstić information content (AvgIpc) is 2.55. The summed E-state index contributed by atoms with van der Waals surface area (Å²) in [6.07, 6.45) is 3.69. The summed E-state index contributed by atoms with van der Waals surface area (Å²) in [5, 5.41) is 0. The number of guanidine groups is 1. The predicted molar refractivity (Wildman–Crippen MR) is 105 cm³/mol. The van der Waals surface area contributed by atoms with Crippen LogP contribution in [0.5, 0.6) is 5.75 Å². The van der Waals surface area contributed by atoms with Crippen molar-refractivity contribution in [2.24, 2.45) is 10.7 Å². The molecule has 1 fully saturated rings. The van der Waals surface area contributed by atoms with E-state index in [-0.39, 0.29) is 24.0 Å². The van der Waals surface area contributed by atoms with Crippen molar-refractivity contribution in [1.82, 2.24) is 4.90 Å². The Morgan fingerprint density at radius 1 is 1.22 bits per heavy atom. The number of methoxy groups -OCH3 is 1. The first kappa shape index (κ1) is 20.0. The fourth-order valence-corrected chi connectivity index (χ4v) is 2.55. The summed E-state index contributed by atoms with van der Waals surface area (Å²) < 4.78 is 10.8. The monoisotopic (exact) mass is 433 g/mol. The van der Waals surface area contributed by atoms with Gasteiger partial charge in [-0.1, -0.05) is 12.1 Å². The number of aliphatic imine (C=N–C) groups is 1. The van der Waals surface area contributed by atoms with Crippen LogP contribution in [0.1, 0.15) is 30.4 Å². The van der Waals surface area contributed by atoms with E-state index in [0.717, 1.165) is 24.4 Å². The number of hydrogen-bond acceptors (Lipinski definition) is 3. The van der Waals surface area contributed by atoms with Crippen molar-refractivity contribution in [3.05, 3.63) is 29.3 Å². The zero-order chi connectivity index (χ0) is 15.8. The van der Waals surface area contributed by atoms with Gasteiger partial charge in [-0.05, 0) is 37.8 Å². The van der Waals surface area contributed by atoms with E-state index in [9.17, 15) is 0 Å². The third kappa shape index (κ3) is 6.55. The Bertz CT molecular complexity index is 503. The molecule has 0 bridgehead atoms. The quantitative estimate of drug-likeness (QED) is 0.325. The number of aryl methyl sites for hydroxylation is 1. The molecule has 23 heavy (non-hydrogen) atoms. The smallest absolute Gasteiger partial charge is 0.191 e. The number of likely N-dealkylation sites (tertiary alicyclic amines) is 1. The van der Waals surface area contributed by atoms with Crippen LogP contribution < -0.4 is 10.5 Å². The molecule has 1 aromatic carbocycles. The van der Waals surface area contributed by atoms with E-state index < -0.39 is 0 Å². The lowest BCUT2D eigenvalue weighted by Crippen LogP contribution is -2.40. The summed E-state index contributed by atoms with van der Waals surface area (Å²) in [7, 11) is 1.67. The number of rotatable bonds is 6. The van der Waals surface area contributed by atoms with Crippen LogP contribution in [0.25, 0.3) is 0 Å². The molecule has 1 aliphatic heterocycles. The normalized spacial score (nSPS) is 15.2. The minimum Gasteiger partial charge on any atom is -0.491 e. The van der Waals surface area contributed by atoms with Crippen LogP contribution in [-0.4, -0.2) is 44.3 Å². The third-order valence-corrected chi connectivity index (χ3v) is 3.86. The third-order valence-electron chi connectivity index (χ3n) is 3.86. The molecule has 0 aromatic heterocycles. The van der Waals surface area contributed by atoms with Crippen LogP contribution in [0.3, 0.4) is 0 Å². The van der Waals surface area contributed by atoms with Crippen molar-refractivity contribution in [3.63, 3.8) is 0 Å². The van der Waals surface area contributed by atoms with Gasteiger partial charge >= 0.3 is 0 Å². The molecule has 0 unspecified atom stereocenters. The maximum Gasteiger partial charge on any atom is 0.191 e.